The fourth-order valence-electron chi connectivity index (χ4n) is 0.384. The van der Waals surface area contributed by atoms with Crippen molar-refractivity contribution in [2.75, 3.05) is 0 Å². The van der Waals surface area contributed by atoms with Gasteiger partial charge in [-0.15, -0.1) is 11.3 Å². The van der Waals surface area contributed by atoms with E-state index in [4.69, 9.17) is 5.11 Å². The lowest BCUT2D eigenvalue weighted by molar-refractivity contribution is 0.195. The Morgan fingerprint density at radius 1 is 2.00 bits per heavy atom. The molecule has 0 saturated heterocycles. The Morgan fingerprint density at radius 2 is 2.75 bits per heavy atom. The monoisotopic (exact) mass is 128 g/mol. The van der Waals surface area contributed by atoms with E-state index >= 15 is 0 Å². The van der Waals surface area contributed by atoms with Crippen LogP contribution >= 0.6 is 11.3 Å². The molecule has 0 bridgehead atoms. The topological polar surface area (TPSA) is 33.1 Å². The smallest absolute Gasteiger partial charge is 0.152 e. The zero-order valence-corrected chi connectivity index (χ0v) is 5.27. The Bertz CT molecular complexity index is 147. The van der Waals surface area contributed by atoms with Crippen LogP contribution in [0.2, 0.25) is 0 Å². The van der Waals surface area contributed by atoms with Crippen molar-refractivity contribution in [1.82, 2.24) is 4.98 Å². The van der Waals surface area contributed by atoms with Crippen molar-refractivity contribution in [3.63, 3.8) is 0 Å². The van der Waals surface area contributed by atoms with E-state index in [2.05, 4.69) is 10.5 Å². The molecule has 3 heteroatoms. The van der Waals surface area contributed by atoms with Gasteiger partial charge in [-0.25, -0.2) is 4.98 Å². The second kappa shape index (κ2) is 2.24. The van der Waals surface area contributed by atoms with E-state index in [1.807, 2.05) is 0 Å². The van der Waals surface area contributed by atoms with Crippen molar-refractivity contribution in [3.05, 3.63) is 16.6 Å². The van der Waals surface area contributed by atoms with Crippen LogP contribution in [-0.2, 0) is 0 Å². The molecule has 0 aromatic carbocycles. The van der Waals surface area contributed by atoms with E-state index in [1.165, 1.54) is 11.3 Å². The molecule has 1 rings (SSSR count). The van der Waals surface area contributed by atoms with Gasteiger partial charge in [-0.3, -0.25) is 0 Å². The van der Waals surface area contributed by atoms with E-state index in [0.717, 1.165) is 0 Å². The number of thiazole rings is 1. The van der Waals surface area contributed by atoms with E-state index in [1.54, 1.807) is 12.3 Å². The normalized spacial score (nSPS) is 13.8. The predicted molar refractivity (Wildman–Crippen MR) is 31.6 cm³/mol. The van der Waals surface area contributed by atoms with Gasteiger partial charge < -0.3 is 5.11 Å². The van der Waals surface area contributed by atoms with Gasteiger partial charge in [-0.05, 0) is 6.92 Å². The molecule has 0 aliphatic heterocycles. The van der Waals surface area contributed by atoms with Crippen LogP contribution in [0.3, 0.4) is 0 Å². The molecule has 2 nitrogen and oxygen atoms in total. The van der Waals surface area contributed by atoms with Crippen LogP contribution < -0.4 is 0 Å². The molecule has 1 N–H and O–H groups in total. The molecule has 1 atom stereocenters. The van der Waals surface area contributed by atoms with Crippen LogP contribution in [0.25, 0.3) is 0 Å². The summed E-state index contributed by atoms with van der Waals surface area (Å²) in [6.07, 6.45) is -0.447. The van der Waals surface area contributed by atoms with E-state index in [9.17, 15) is 0 Å². The predicted octanol–water partition coefficient (Wildman–Crippen LogP) is 0.997. The van der Waals surface area contributed by atoms with Crippen LogP contribution in [0, 0.1) is 5.51 Å². The van der Waals surface area contributed by atoms with Gasteiger partial charge in [0.25, 0.3) is 0 Å². The molecule has 0 fully saturated rings. The van der Waals surface area contributed by atoms with Crippen molar-refractivity contribution < 1.29 is 5.11 Å². The SMILES string of the molecule is CC(O)c1cs[c]n1. The number of aliphatic hydroxyl groups is 1. The fourth-order valence-corrected chi connectivity index (χ4v) is 0.965. The molecule has 1 unspecified atom stereocenters. The van der Waals surface area contributed by atoms with Gasteiger partial charge in [-0.1, -0.05) is 0 Å². The van der Waals surface area contributed by atoms with E-state index in [0.29, 0.717) is 5.69 Å². The van der Waals surface area contributed by atoms with Crippen molar-refractivity contribution in [3.8, 4) is 0 Å². The van der Waals surface area contributed by atoms with Gasteiger partial charge in [-0.2, -0.15) is 0 Å². The van der Waals surface area contributed by atoms with Crippen LogP contribution in [0.15, 0.2) is 5.38 Å². The lowest BCUT2D eigenvalue weighted by Crippen LogP contribution is -1.88. The minimum absolute atomic E-state index is 0.447. The highest BCUT2D eigenvalue weighted by atomic mass is 32.1. The third-order valence-corrected chi connectivity index (χ3v) is 1.39. The number of aliphatic hydroxyl groups excluding tert-OH is 1. The molecule has 0 aliphatic carbocycles. The number of hydrogen-bond acceptors (Lipinski definition) is 3. The molecule has 0 amide bonds. The van der Waals surface area contributed by atoms with Crippen LogP contribution in [0.1, 0.15) is 18.7 Å². The summed E-state index contributed by atoms with van der Waals surface area (Å²) < 4.78 is 0. The maximum absolute atomic E-state index is 8.84. The summed E-state index contributed by atoms with van der Waals surface area (Å²) in [7, 11) is 0. The first kappa shape index (κ1) is 5.72. The average Bonchev–Trinajstić information content (AvgIpc) is 2.12. The third-order valence-electron chi connectivity index (χ3n) is 0.835. The lowest BCUT2D eigenvalue weighted by Gasteiger charge is -1.93. The summed E-state index contributed by atoms with van der Waals surface area (Å²) in [5.74, 6) is 0. The second-order valence-electron chi connectivity index (χ2n) is 1.54. The van der Waals surface area contributed by atoms with Crippen molar-refractivity contribution in [2.24, 2.45) is 0 Å². The van der Waals surface area contributed by atoms with Crippen molar-refractivity contribution >= 4 is 11.3 Å². The molecule has 0 aliphatic rings. The minimum atomic E-state index is -0.447. The number of nitrogens with zero attached hydrogens (tertiary/aromatic N) is 1. The standard InChI is InChI=1S/C5H6NOS/c1-4(7)5-2-8-3-6-5/h2,4,7H,1H3. The number of aromatic nitrogens is 1. The maximum atomic E-state index is 8.84. The van der Waals surface area contributed by atoms with Crippen LogP contribution in [0.5, 0.6) is 0 Å². The van der Waals surface area contributed by atoms with E-state index < -0.39 is 6.10 Å². The summed E-state index contributed by atoms with van der Waals surface area (Å²) in [5.41, 5.74) is 3.35. The molecule has 0 saturated carbocycles. The summed E-state index contributed by atoms with van der Waals surface area (Å²) in [6.45, 7) is 1.68. The highest BCUT2D eigenvalue weighted by Crippen LogP contribution is 2.09. The molecule has 1 aromatic rings. The Morgan fingerprint density at radius 3 is 3.00 bits per heavy atom. The second-order valence-corrected chi connectivity index (χ2v) is 2.19. The first-order chi connectivity index (χ1) is 3.80. The zero-order chi connectivity index (χ0) is 5.98. The molecular formula is C5H6NOS. The summed E-state index contributed by atoms with van der Waals surface area (Å²) in [6, 6.07) is 0. The van der Waals surface area contributed by atoms with Gasteiger partial charge >= 0.3 is 0 Å². The van der Waals surface area contributed by atoms with Gasteiger partial charge in [0.05, 0.1) is 11.8 Å². The summed E-state index contributed by atoms with van der Waals surface area (Å²) >= 11 is 1.37. The largest absolute Gasteiger partial charge is 0.387 e. The highest BCUT2D eigenvalue weighted by Gasteiger charge is 1.99. The molecule has 43 valence electrons. The molecule has 1 radical (unpaired) electrons. The van der Waals surface area contributed by atoms with Gasteiger partial charge in [0, 0.05) is 5.38 Å². The lowest BCUT2D eigenvalue weighted by atomic mass is 10.3. The Hall–Kier alpha value is -0.410. The summed E-state index contributed by atoms with van der Waals surface area (Å²) in [5, 5.41) is 10.6. The molecule has 1 heterocycles. The Balaban J connectivity index is 2.77. The van der Waals surface area contributed by atoms with Crippen LogP contribution in [0.4, 0.5) is 0 Å². The molecular weight excluding hydrogens is 122 g/mol. The molecule has 0 spiro atoms. The summed E-state index contributed by atoms with van der Waals surface area (Å²) in [4.78, 5) is 3.76. The molecule has 1 aromatic heterocycles. The van der Waals surface area contributed by atoms with Gasteiger partial charge in [0.15, 0.2) is 5.51 Å². The fraction of sp³-hybridized carbons (Fsp3) is 0.400. The first-order valence-corrected chi connectivity index (χ1v) is 3.18. The number of rotatable bonds is 1. The van der Waals surface area contributed by atoms with Gasteiger partial charge in [0.1, 0.15) is 0 Å². The van der Waals surface area contributed by atoms with E-state index in [-0.39, 0.29) is 0 Å². The van der Waals surface area contributed by atoms with Crippen LogP contribution in [-0.4, -0.2) is 10.1 Å². The quantitative estimate of drug-likeness (QED) is 0.612. The Kier molecular flexibility index (Phi) is 1.60. The Labute approximate surface area is 51.8 Å². The zero-order valence-electron chi connectivity index (χ0n) is 4.46. The molecule has 8 heavy (non-hydrogen) atoms. The minimum Gasteiger partial charge on any atom is -0.387 e. The third kappa shape index (κ3) is 1.05. The first-order valence-electron chi connectivity index (χ1n) is 2.30. The highest BCUT2D eigenvalue weighted by molar-refractivity contribution is 7.07. The maximum Gasteiger partial charge on any atom is 0.152 e. The van der Waals surface area contributed by atoms with Crippen molar-refractivity contribution in [2.45, 2.75) is 13.0 Å². The number of hydrogen-bond donors (Lipinski definition) is 1. The van der Waals surface area contributed by atoms with Gasteiger partial charge in [0.2, 0.25) is 0 Å². The van der Waals surface area contributed by atoms with Crippen molar-refractivity contribution in [1.29, 1.82) is 0 Å². The average molecular weight is 128 g/mol.